The van der Waals surface area contributed by atoms with Gasteiger partial charge in [-0.05, 0) is 67.8 Å². The van der Waals surface area contributed by atoms with Crippen LogP contribution < -0.4 is 14.4 Å². The van der Waals surface area contributed by atoms with Crippen molar-refractivity contribution in [1.82, 2.24) is 10.2 Å². The molecule has 1 aliphatic rings. The number of anilines is 1. The Labute approximate surface area is 303 Å². The normalized spacial score (nSPS) is 13.9. The lowest BCUT2D eigenvalue weighted by molar-refractivity contribution is -0.140. The number of methoxy groups -OCH3 is 1. The molecule has 1 saturated carbocycles. The van der Waals surface area contributed by atoms with Gasteiger partial charge in [-0.15, -0.1) is 0 Å². The average molecular weight is 743 g/mol. The lowest BCUT2D eigenvalue weighted by Gasteiger charge is -2.34. The quantitative estimate of drug-likeness (QED) is 0.151. The van der Waals surface area contributed by atoms with Crippen molar-refractivity contribution in [1.29, 1.82) is 0 Å². The van der Waals surface area contributed by atoms with E-state index in [9.17, 15) is 18.0 Å². The van der Waals surface area contributed by atoms with E-state index in [1.54, 1.807) is 30.3 Å². The summed E-state index contributed by atoms with van der Waals surface area (Å²) in [4.78, 5) is 30.3. The highest BCUT2D eigenvalue weighted by atomic mass is 35.5. The standard InChI is InChI=1S/C37H38Cl3N3O5S/c1-25-15-18-29(19-16-25)49(46,47)43(28-17-20-35(48-2)33(40)22-28)24-36(44)42(23-30-31(38)13-8-14-32(30)39)34(21-26-9-4-3-5-10-26)37(45)41-27-11-6-7-12-27/h3-5,8-10,13-20,22,27,34H,6-7,11-12,21,23-24H2,1-2H3,(H,41,45). The SMILES string of the molecule is COc1ccc(N(CC(=O)N(Cc2c(Cl)cccc2Cl)C(Cc2ccccc2)C(=O)NC2CCCC2)S(=O)(=O)c2ccc(C)cc2)cc1Cl. The Morgan fingerprint density at radius 1 is 0.878 bits per heavy atom. The number of carbonyl (C=O) groups excluding carboxylic acids is 2. The molecule has 1 aliphatic carbocycles. The van der Waals surface area contributed by atoms with E-state index in [0.29, 0.717) is 21.4 Å². The molecule has 1 unspecified atom stereocenters. The summed E-state index contributed by atoms with van der Waals surface area (Å²) >= 11 is 19.7. The minimum absolute atomic E-state index is 0.0154. The van der Waals surface area contributed by atoms with Gasteiger partial charge in [0.1, 0.15) is 18.3 Å². The zero-order valence-corrected chi connectivity index (χ0v) is 30.3. The van der Waals surface area contributed by atoms with Crippen LogP contribution in [0.25, 0.3) is 0 Å². The summed E-state index contributed by atoms with van der Waals surface area (Å²) in [6.45, 7) is 1.06. The minimum atomic E-state index is -4.31. The first-order valence-corrected chi connectivity index (χ1v) is 18.5. The maximum atomic E-state index is 14.8. The zero-order chi connectivity index (χ0) is 35.1. The van der Waals surface area contributed by atoms with Crippen molar-refractivity contribution in [2.45, 2.75) is 62.6 Å². The largest absolute Gasteiger partial charge is 0.495 e. The van der Waals surface area contributed by atoms with Gasteiger partial charge in [-0.3, -0.25) is 13.9 Å². The molecular weight excluding hydrogens is 705 g/mol. The van der Waals surface area contributed by atoms with Crippen molar-refractivity contribution in [2.75, 3.05) is 18.0 Å². The summed E-state index contributed by atoms with van der Waals surface area (Å²) in [6, 6.07) is 24.2. The molecule has 4 aromatic rings. The zero-order valence-electron chi connectivity index (χ0n) is 27.2. The van der Waals surface area contributed by atoms with Crippen LogP contribution in [-0.2, 0) is 32.6 Å². The number of amides is 2. The van der Waals surface area contributed by atoms with Crippen LogP contribution in [-0.4, -0.2) is 50.9 Å². The van der Waals surface area contributed by atoms with E-state index < -0.39 is 28.5 Å². The molecule has 0 saturated heterocycles. The van der Waals surface area contributed by atoms with Crippen molar-refractivity contribution in [3.8, 4) is 5.75 Å². The van der Waals surface area contributed by atoms with Crippen molar-refractivity contribution in [3.05, 3.63) is 123 Å². The Balaban J connectivity index is 1.61. The van der Waals surface area contributed by atoms with Crippen LogP contribution in [0.15, 0.2) is 95.9 Å². The topological polar surface area (TPSA) is 96.0 Å². The summed E-state index contributed by atoms with van der Waals surface area (Å²) in [6.07, 6.45) is 3.86. The van der Waals surface area contributed by atoms with Crippen LogP contribution in [0, 0.1) is 6.92 Å². The van der Waals surface area contributed by atoms with E-state index in [-0.39, 0.29) is 40.5 Å². The molecule has 4 aromatic carbocycles. The second kappa shape index (κ2) is 16.3. The first-order chi connectivity index (χ1) is 23.5. The maximum absolute atomic E-state index is 14.8. The van der Waals surface area contributed by atoms with Gasteiger partial charge in [-0.1, -0.05) is 102 Å². The molecule has 5 rings (SSSR count). The number of sulfonamides is 1. The predicted molar refractivity (Wildman–Crippen MR) is 195 cm³/mol. The third kappa shape index (κ3) is 8.89. The molecule has 0 radical (unpaired) electrons. The number of hydrogen-bond donors (Lipinski definition) is 1. The molecule has 0 aliphatic heterocycles. The van der Waals surface area contributed by atoms with E-state index in [4.69, 9.17) is 39.5 Å². The Morgan fingerprint density at radius 2 is 1.53 bits per heavy atom. The first-order valence-electron chi connectivity index (χ1n) is 16.0. The molecule has 2 amide bonds. The third-order valence-electron chi connectivity index (χ3n) is 8.67. The molecular formula is C37H38Cl3N3O5S. The van der Waals surface area contributed by atoms with Crippen molar-refractivity contribution >= 4 is 62.3 Å². The van der Waals surface area contributed by atoms with E-state index in [1.807, 2.05) is 37.3 Å². The van der Waals surface area contributed by atoms with Crippen LogP contribution in [0.5, 0.6) is 5.75 Å². The monoisotopic (exact) mass is 741 g/mol. The molecule has 49 heavy (non-hydrogen) atoms. The molecule has 0 aromatic heterocycles. The number of aryl methyl sites for hydroxylation is 1. The maximum Gasteiger partial charge on any atom is 0.264 e. The van der Waals surface area contributed by atoms with Gasteiger partial charge < -0.3 is 15.0 Å². The molecule has 0 bridgehead atoms. The van der Waals surface area contributed by atoms with Crippen molar-refractivity contribution in [3.63, 3.8) is 0 Å². The van der Waals surface area contributed by atoms with Gasteiger partial charge in [0.2, 0.25) is 11.8 Å². The molecule has 8 nitrogen and oxygen atoms in total. The van der Waals surface area contributed by atoms with Gasteiger partial charge in [0.25, 0.3) is 10.0 Å². The molecule has 0 spiro atoms. The van der Waals surface area contributed by atoms with Gasteiger partial charge >= 0.3 is 0 Å². The summed E-state index contributed by atoms with van der Waals surface area (Å²) in [5.74, 6) is -0.639. The third-order valence-corrected chi connectivity index (χ3v) is 11.5. The van der Waals surface area contributed by atoms with Gasteiger partial charge in [-0.2, -0.15) is 0 Å². The highest BCUT2D eigenvalue weighted by Gasteiger charge is 2.36. The fourth-order valence-electron chi connectivity index (χ4n) is 5.95. The lowest BCUT2D eigenvalue weighted by atomic mass is 10.0. The smallest absolute Gasteiger partial charge is 0.264 e. The number of benzene rings is 4. The highest BCUT2D eigenvalue weighted by Crippen LogP contribution is 2.33. The summed E-state index contributed by atoms with van der Waals surface area (Å²) in [5.41, 5.74) is 2.27. The van der Waals surface area contributed by atoms with E-state index in [1.165, 1.54) is 42.3 Å². The highest BCUT2D eigenvalue weighted by molar-refractivity contribution is 7.92. The summed E-state index contributed by atoms with van der Waals surface area (Å²) < 4.78 is 34.9. The van der Waals surface area contributed by atoms with Gasteiger partial charge in [0.05, 0.1) is 22.7 Å². The first kappa shape index (κ1) is 36.5. The van der Waals surface area contributed by atoms with Crippen LogP contribution in [0.3, 0.4) is 0 Å². The lowest BCUT2D eigenvalue weighted by Crippen LogP contribution is -2.54. The molecule has 1 fully saturated rings. The Hall–Kier alpha value is -3.76. The second-order valence-corrected chi connectivity index (χ2v) is 15.1. The number of ether oxygens (including phenoxy) is 1. The molecule has 0 heterocycles. The fourth-order valence-corrected chi connectivity index (χ4v) is 8.13. The molecule has 1 atom stereocenters. The van der Waals surface area contributed by atoms with Crippen LogP contribution in [0.2, 0.25) is 15.1 Å². The fraction of sp³-hybridized carbons (Fsp3) is 0.297. The number of halogens is 3. The second-order valence-electron chi connectivity index (χ2n) is 12.1. The van der Waals surface area contributed by atoms with E-state index in [2.05, 4.69) is 5.32 Å². The van der Waals surface area contributed by atoms with Crippen molar-refractivity contribution in [2.24, 2.45) is 0 Å². The number of nitrogens with zero attached hydrogens (tertiary/aromatic N) is 2. The predicted octanol–water partition coefficient (Wildman–Crippen LogP) is 7.86. The Bertz CT molecular complexity index is 1870. The van der Waals surface area contributed by atoms with E-state index >= 15 is 0 Å². The summed E-state index contributed by atoms with van der Waals surface area (Å²) in [5, 5.41) is 3.94. The number of nitrogens with one attached hydrogen (secondary N) is 1. The van der Waals surface area contributed by atoms with Crippen LogP contribution in [0.4, 0.5) is 5.69 Å². The Morgan fingerprint density at radius 3 is 2.14 bits per heavy atom. The number of hydrogen-bond acceptors (Lipinski definition) is 5. The van der Waals surface area contributed by atoms with Gasteiger partial charge in [0, 0.05) is 34.6 Å². The molecule has 258 valence electrons. The average Bonchev–Trinajstić information content (AvgIpc) is 3.60. The number of rotatable bonds is 13. The van der Waals surface area contributed by atoms with E-state index in [0.717, 1.165) is 41.1 Å². The van der Waals surface area contributed by atoms with Gasteiger partial charge in [0.15, 0.2) is 0 Å². The van der Waals surface area contributed by atoms with Crippen LogP contribution in [0.1, 0.15) is 42.4 Å². The molecule has 12 heteroatoms. The van der Waals surface area contributed by atoms with Crippen LogP contribution >= 0.6 is 34.8 Å². The molecule has 1 N–H and O–H groups in total. The van der Waals surface area contributed by atoms with Gasteiger partial charge in [-0.25, -0.2) is 8.42 Å². The number of carbonyl (C=O) groups is 2. The minimum Gasteiger partial charge on any atom is -0.495 e. The Kier molecular flexibility index (Phi) is 12.1. The summed E-state index contributed by atoms with van der Waals surface area (Å²) in [7, 11) is -2.86. The van der Waals surface area contributed by atoms with Crippen molar-refractivity contribution < 1.29 is 22.7 Å².